The molecular weight excluding hydrogens is 244 g/mol. The van der Waals surface area contributed by atoms with Gasteiger partial charge in [0.25, 0.3) is 0 Å². The fourth-order valence-corrected chi connectivity index (χ4v) is 2.42. The standard InChI is InChI=1S/C14H26N2O3/c1-4-14(2,13(18)19)15-10-12(17)16(3)11-8-6-5-7-9-11/h11,15H,4-10H2,1-3H3,(H,18,19). The molecule has 1 fully saturated rings. The van der Waals surface area contributed by atoms with Gasteiger partial charge in [-0.15, -0.1) is 0 Å². The number of likely N-dealkylation sites (N-methyl/N-ethyl adjacent to an activating group) is 1. The molecule has 1 aliphatic rings. The van der Waals surface area contributed by atoms with Gasteiger partial charge in [0.15, 0.2) is 0 Å². The molecule has 0 aromatic heterocycles. The first kappa shape index (κ1) is 16.0. The quantitative estimate of drug-likeness (QED) is 0.769. The minimum absolute atomic E-state index is 0.0205. The average Bonchev–Trinajstić information content (AvgIpc) is 2.44. The molecule has 0 spiro atoms. The number of carboxylic acid groups (broad SMARTS) is 1. The van der Waals surface area contributed by atoms with E-state index in [1.807, 2.05) is 7.05 Å². The van der Waals surface area contributed by atoms with Crippen LogP contribution in [-0.4, -0.2) is 47.1 Å². The second-order valence-electron chi connectivity index (χ2n) is 5.64. The second kappa shape index (κ2) is 6.89. The number of carbonyl (C=O) groups is 2. The Balaban J connectivity index is 2.47. The van der Waals surface area contributed by atoms with E-state index in [9.17, 15) is 9.59 Å². The first-order valence-electron chi connectivity index (χ1n) is 7.15. The molecule has 5 heteroatoms. The average molecular weight is 270 g/mol. The van der Waals surface area contributed by atoms with Crippen LogP contribution in [0.25, 0.3) is 0 Å². The second-order valence-corrected chi connectivity index (χ2v) is 5.64. The maximum atomic E-state index is 12.1. The number of rotatable bonds is 6. The molecule has 1 atom stereocenters. The van der Waals surface area contributed by atoms with Crippen molar-refractivity contribution in [2.24, 2.45) is 0 Å². The van der Waals surface area contributed by atoms with E-state index in [2.05, 4.69) is 5.32 Å². The van der Waals surface area contributed by atoms with Gasteiger partial charge in [-0.25, -0.2) is 0 Å². The largest absolute Gasteiger partial charge is 0.480 e. The number of carbonyl (C=O) groups excluding carboxylic acids is 1. The van der Waals surface area contributed by atoms with E-state index in [0.717, 1.165) is 12.8 Å². The van der Waals surface area contributed by atoms with E-state index < -0.39 is 11.5 Å². The molecule has 0 aliphatic heterocycles. The van der Waals surface area contributed by atoms with Crippen molar-refractivity contribution in [2.75, 3.05) is 13.6 Å². The zero-order valence-electron chi connectivity index (χ0n) is 12.2. The normalized spacial score (nSPS) is 19.7. The van der Waals surface area contributed by atoms with Crippen LogP contribution in [-0.2, 0) is 9.59 Å². The fourth-order valence-electron chi connectivity index (χ4n) is 2.42. The third-order valence-electron chi connectivity index (χ3n) is 4.32. The first-order chi connectivity index (χ1) is 8.90. The molecule has 0 bridgehead atoms. The summed E-state index contributed by atoms with van der Waals surface area (Å²) in [4.78, 5) is 25.0. The van der Waals surface area contributed by atoms with Crippen LogP contribution in [0.3, 0.4) is 0 Å². The summed E-state index contributed by atoms with van der Waals surface area (Å²) in [5, 5.41) is 12.0. The SMILES string of the molecule is CCC(C)(NCC(=O)N(C)C1CCCCC1)C(=O)O. The molecule has 0 heterocycles. The van der Waals surface area contributed by atoms with Crippen molar-refractivity contribution in [1.29, 1.82) is 0 Å². The molecule has 0 aromatic rings. The first-order valence-corrected chi connectivity index (χ1v) is 7.15. The van der Waals surface area contributed by atoms with E-state index in [1.54, 1.807) is 18.7 Å². The van der Waals surface area contributed by atoms with Gasteiger partial charge in [0.2, 0.25) is 5.91 Å². The van der Waals surface area contributed by atoms with Crippen LogP contribution in [0.5, 0.6) is 0 Å². The number of nitrogens with zero attached hydrogens (tertiary/aromatic N) is 1. The van der Waals surface area contributed by atoms with E-state index in [0.29, 0.717) is 12.5 Å². The molecule has 1 rings (SSSR count). The third-order valence-corrected chi connectivity index (χ3v) is 4.32. The van der Waals surface area contributed by atoms with Crippen LogP contribution in [0.1, 0.15) is 52.4 Å². The van der Waals surface area contributed by atoms with Gasteiger partial charge < -0.3 is 10.0 Å². The molecule has 1 saturated carbocycles. The highest BCUT2D eigenvalue weighted by atomic mass is 16.4. The zero-order valence-corrected chi connectivity index (χ0v) is 12.2. The van der Waals surface area contributed by atoms with Gasteiger partial charge in [0, 0.05) is 13.1 Å². The zero-order chi connectivity index (χ0) is 14.5. The lowest BCUT2D eigenvalue weighted by Crippen LogP contribution is -2.53. The van der Waals surface area contributed by atoms with Gasteiger partial charge in [-0.2, -0.15) is 0 Å². The number of nitrogens with one attached hydrogen (secondary N) is 1. The van der Waals surface area contributed by atoms with Crippen molar-refractivity contribution in [1.82, 2.24) is 10.2 Å². The van der Waals surface area contributed by atoms with Crippen molar-refractivity contribution in [3.8, 4) is 0 Å². The Morgan fingerprint density at radius 1 is 1.32 bits per heavy atom. The predicted octanol–water partition coefficient (Wildman–Crippen LogP) is 1.62. The topological polar surface area (TPSA) is 69.6 Å². The van der Waals surface area contributed by atoms with Gasteiger partial charge in [0.1, 0.15) is 5.54 Å². The molecular formula is C14H26N2O3. The molecule has 19 heavy (non-hydrogen) atoms. The molecule has 2 N–H and O–H groups in total. The number of hydrogen-bond acceptors (Lipinski definition) is 3. The van der Waals surface area contributed by atoms with E-state index in [-0.39, 0.29) is 12.5 Å². The van der Waals surface area contributed by atoms with Crippen LogP contribution in [0.2, 0.25) is 0 Å². The highest BCUT2D eigenvalue weighted by Gasteiger charge is 2.32. The lowest BCUT2D eigenvalue weighted by atomic mass is 9.94. The van der Waals surface area contributed by atoms with Crippen LogP contribution in [0.4, 0.5) is 0 Å². The highest BCUT2D eigenvalue weighted by molar-refractivity contribution is 5.82. The van der Waals surface area contributed by atoms with E-state index in [1.165, 1.54) is 19.3 Å². The van der Waals surface area contributed by atoms with Crippen molar-refractivity contribution in [3.63, 3.8) is 0 Å². The number of aliphatic carboxylic acids is 1. The Labute approximate surface area is 115 Å². The Morgan fingerprint density at radius 3 is 2.37 bits per heavy atom. The van der Waals surface area contributed by atoms with Crippen molar-refractivity contribution in [3.05, 3.63) is 0 Å². The summed E-state index contributed by atoms with van der Waals surface area (Å²) < 4.78 is 0. The maximum Gasteiger partial charge on any atom is 0.323 e. The fraction of sp³-hybridized carbons (Fsp3) is 0.857. The van der Waals surface area contributed by atoms with Crippen molar-refractivity contribution in [2.45, 2.75) is 64.0 Å². The van der Waals surface area contributed by atoms with E-state index in [4.69, 9.17) is 5.11 Å². The predicted molar refractivity (Wildman–Crippen MR) is 74.0 cm³/mol. The monoisotopic (exact) mass is 270 g/mol. The Hall–Kier alpha value is -1.10. The summed E-state index contributed by atoms with van der Waals surface area (Å²) in [5.41, 5.74) is -1.02. The highest BCUT2D eigenvalue weighted by Crippen LogP contribution is 2.21. The Kier molecular flexibility index (Phi) is 5.79. The van der Waals surface area contributed by atoms with Gasteiger partial charge in [-0.05, 0) is 26.2 Å². The number of hydrogen-bond donors (Lipinski definition) is 2. The van der Waals surface area contributed by atoms with E-state index >= 15 is 0 Å². The molecule has 1 amide bonds. The van der Waals surface area contributed by atoms with Gasteiger partial charge >= 0.3 is 5.97 Å². The van der Waals surface area contributed by atoms with Crippen LogP contribution in [0, 0.1) is 0 Å². The number of amides is 1. The van der Waals surface area contributed by atoms with Crippen LogP contribution in [0.15, 0.2) is 0 Å². The molecule has 1 unspecified atom stereocenters. The summed E-state index contributed by atoms with van der Waals surface area (Å²) in [6.45, 7) is 3.50. The number of carboxylic acids is 1. The molecule has 0 radical (unpaired) electrons. The minimum Gasteiger partial charge on any atom is -0.480 e. The molecule has 0 aromatic carbocycles. The summed E-state index contributed by atoms with van der Waals surface area (Å²) in [5.74, 6) is -0.934. The van der Waals surface area contributed by atoms with Crippen LogP contribution >= 0.6 is 0 Å². The third kappa shape index (κ3) is 4.20. The Bertz CT molecular complexity index is 327. The summed E-state index contributed by atoms with van der Waals surface area (Å²) in [6, 6.07) is 0.320. The lowest BCUT2D eigenvalue weighted by molar-refractivity contribution is -0.144. The summed E-state index contributed by atoms with van der Waals surface area (Å²) in [7, 11) is 1.82. The van der Waals surface area contributed by atoms with Gasteiger partial charge in [-0.3, -0.25) is 14.9 Å². The summed E-state index contributed by atoms with van der Waals surface area (Å²) >= 11 is 0. The molecule has 5 nitrogen and oxygen atoms in total. The molecule has 110 valence electrons. The van der Waals surface area contributed by atoms with Crippen molar-refractivity contribution >= 4 is 11.9 Å². The van der Waals surface area contributed by atoms with Gasteiger partial charge in [0.05, 0.1) is 6.54 Å². The Morgan fingerprint density at radius 2 is 1.89 bits per heavy atom. The maximum absolute atomic E-state index is 12.1. The van der Waals surface area contributed by atoms with Gasteiger partial charge in [-0.1, -0.05) is 26.2 Å². The molecule has 1 aliphatic carbocycles. The van der Waals surface area contributed by atoms with Crippen molar-refractivity contribution < 1.29 is 14.7 Å². The molecule has 0 saturated heterocycles. The smallest absolute Gasteiger partial charge is 0.323 e. The summed E-state index contributed by atoms with van der Waals surface area (Å²) in [6.07, 6.45) is 6.18. The lowest BCUT2D eigenvalue weighted by Gasteiger charge is -2.32. The minimum atomic E-state index is -1.02. The van der Waals surface area contributed by atoms with Crippen LogP contribution < -0.4 is 5.32 Å².